The number of hydrogen-bond donors (Lipinski definition) is 3. The van der Waals surface area contributed by atoms with Crippen molar-refractivity contribution < 1.29 is 45.0 Å². The molecule has 0 spiro atoms. The summed E-state index contributed by atoms with van der Waals surface area (Å²) in [7, 11) is 0. The van der Waals surface area contributed by atoms with Crippen LogP contribution in [-0.4, -0.2) is 33.2 Å². The number of nitrogens with one attached hydrogen (secondary N) is 1. The van der Waals surface area contributed by atoms with E-state index in [1.165, 1.54) is 0 Å². The molecule has 202 valence electrons. The molecule has 38 heavy (non-hydrogen) atoms. The van der Waals surface area contributed by atoms with E-state index in [0.717, 1.165) is 62.1 Å². The van der Waals surface area contributed by atoms with E-state index in [1.54, 1.807) is 0 Å². The van der Waals surface area contributed by atoms with Crippen molar-refractivity contribution >= 4 is 22.6 Å². The normalized spacial score (nSPS) is 11.8. The van der Waals surface area contributed by atoms with Gasteiger partial charge < -0.3 is 14.5 Å². The molecule has 0 atom stereocenters. The molecule has 0 aromatic heterocycles. The van der Waals surface area contributed by atoms with Crippen LogP contribution in [0.5, 0.6) is 0 Å². The van der Waals surface area contributed by atoms with E-state index in [4.69, 9.17) is 23.5 Å². The summed E-state index contributed by atoms with van der Waals surface area (Å²) in [5, 5.41) is 5.28. The summed E-state index contributed by atoms with van der Waals surface area (Å²) in [4.78, 5) is 17.5. The molecule has 0 radical (unpaired) electrons. The van der Waals surface area contributed by atoms with E-state index in [-0.39, 0.29) is 5.97 Å². The molecule has 4 rings (SSSR count). The summed E-state index contributed by atoms with van der Waals surface area (Å²) in [5.41, 5.74) is 7.25. The Morgan fingerprint density at radius 3 is 2.32 bits per heavy atom. The molecule has 3 N–H and O–H groups in total. The first-order valence-corrected chi connectivity index (χ1v) is 15.6. The van der Waals surface area contributed by atoms with Gasteiger partial charge in [-0.1, -0.05) is 18.2 Å². The number of fused-ring (bicyclic) bond motifs is 2. The Labute approximate surface area is 224 Å². The maximum atomic E-state index is 12.9. The summed E-state index contributed by atoms with van der Waals surface area (Å²) in [6.45, 7) is 11.9. The van der Waals surface area contributed by atoms with E-state index in [2.05, 4.69) is 43.2 Å². The number of rotatable bonds is 6. The number of ether oxygens (including phenoxy) is 1. The summed E-state index contributed by atoms with van der Waals surface area (Å²) in [6, 6.07) is 15.9. The Morgan fingerprint density at radius 2 is 1.68 bits per heavy atom. The molecule has 1 heterocycles. The maximum absolute atomic E-state index is 12.9. The number of carbonyl (C=O) groups is 1. The molecule has 2 aromatic rings. The van der Waals surface area contributed by atoms with Gasteiger partial charge in [0.1, 0.15) is 11.3 Å². The van der Waals surface area contributed by atoms with Crippen molar-refractivity contribution in [2.45, 2.75) is 34.6 Å². The van der Waals surface area contributed by atoms with Crippen molar-refractivity contribution in [2.24, 2.45) is 4.99 Å². The second kappa shape index (κ2) is 12.4. The van der Waals surface area contributed by atoms with Gasteiger partial charge in [0.05, 0.1) is 17.5 Å². The van der Waals surface area contributed by atoms with Crippen LogP contribution >= 0.6 is 0 Å². The summed E-state index contributed by atoms with van der Waals surface area (Å²) < 4.78 is 43.8. The Morgan fingerprint density at radius 1 is 1.00 bits per heavy atom. The predicted molar refractivity (Wildman–Crippen MR) is 140 cm³/mol. The van der Waals surface area contributed by atoms with Crippen LogP contribution in [0.25, 0.3) is 33.4 Å². The van der Waals surface area contributed by atoms with Crippen LogP contribution in [0, 0.1) is 13.8 Å². The Kier molecular flexibility index (Phi) is 9.54. The molecule has 2 aliphatic rings. The fraction of sp³-hybridized carbons (Fsp3) is 0.286. The summed E-state index contributed by atoms with van der Waals surface area (Å²) in [5.74, 6) is 0.408. The quantitative estimate of drug-likeness (QED) is 0.159. The van der Waals surface area contributed by atoms with Crippen LogP contribution in [0.4, 0.5) is 5.69 Å². The first kappa shape index (κ1) is 29.2. The zero-order valence-corrected chi connectivity index (χ0v) is 24.0. The van der Waals surface area contributed by atoms with Crippen molar-refractivity contribution in [3.8, 4) is 22.5 Å². The first-order chi connectivity index (χ1) is 18.0. The summed E-state index contributed by atoms with van der Waals surface area (Å²) >= 11 is -5.52. The van der Waals surface area contributed by atoms with Gasteiger partial charge in [0, 0.05) is 47.4 Å². The minimum atomic E-state index is -5.52. The Hall–Kier alpha value is -3.39. The molecule has 0 saturated carbocycles. The van der Waals surface area contributed by atoms with E-state index in [9.17, 15) is 4.79 Å². The fourth-order valence-electron chi connectivity index (χ4n) is 4.29. The third-order valence-corrected chi connectivity index (χ3v) is 5.77. The minimum absolute atomic E-state index is 0.324. The van der Waals surface area contributed by atoms with Crippen molar-refractivity contribution in [3.63, 3.8) is 0 Å². The van der Waals surface area contributed by atoms with Crippen LogP contribution in [0.1, 0.15) is 42.3 Å². The number of carbonyl (C=O) groups excluding carboxylic acids is 1. The molecule has 0 unspecified atom stereocenters. The molecule has 0 saturated heterocycles. The van der Waals surface area contributed by atoms with Crippen molar-refractivity contribution in [2.75, 3.05) is 25.0 Å². The third kappa shape index (κ3) is 6.92. The van der Waals surface area contributed by atoms with E-state index < -0.39 is 16.7 Å². The van der Waals surface area contributed by atoms with E-state index in [0.29, 0.717) is 18.7 Å². The fourth-order valence-corrected chi connectivity index (χ4v) is 4.29. The summed E-state index contributed by atoms with van der Waals surface area (Å²) in [6.07, 6.45) is 0. The topological polar surface area (TPSA) is 138 Å². The van der Waals surface area contributed by atoms with Crippen LogP contribution in [0.2, 0.25) is 0 Å². The number of nitrogens with zero attached hydrogens (tertiary/aromatic N) is 1. The molecule has 10 heteroatoms. The first-order valence-electron chi connectivity index (χ1n) is 12.2. The van der Waals surface area contributed by atoms with Gasteiger partial charge in [-0.2, -0.15) is 0 Å². The van der Waals surface area contributed by atoms with Crippen LogP contribution < -0.4 is 10.7 Å². The Bertz CT molecular complexity index is 1600. The average molecular weight is 605 g/mol. The van der Waals surface area contributed by atoms with Gasteiger partial charge >= 0.3 is 37.0 Å². The zero-order valence-electron chi connectivity index (χ0n) is 22.0. The van der Waals surface area contributed by atoms with Gasteiger partial charge in [-0.05, 0) is 69.5 Å². The van der Waals surface area contributed by atoms with Crippen molar-refractivity contribution in [1.82, 2.24) is 0 Å². The second-order valence-corrected chi connectivity index (χ2v) is 10.7. The van der Waals surface area contributed by atoms with Gasteiger partial charge in [0.15, 0.2) is 0 Å². The molecular weight excluding hydrogens is 572 g/mol. The van der Waals surface area contributed by atoms with Gasteiger partial charge in [-0.15, -0.1) is 0 Å². The van der Waals surface area contributed by atoms with Gasteiger partial charge in [-0.25, -0.2) is 4.79 Å². The number of esters is 1. The molecule has 1 aliphatic heterocycles. The van der Waals surface area contributed by atoms with Crippen LogP contribution in [0.15, 0.2) is 57.9 Å². The van der Waals surface area contributed by atoms with Crippen LogP contribution in [0.3, 0.4) is 0 Å². The van der Waals surface area contributed by atoms with Gasteiger partial charge in [0.2, 0.25) is 0 Å². The molecule has 2 aromatic carbocycles. The number of aryl methyl sites for hydroxylation is 2. The SMILES string of the molecule is CCN=c1cc2oc3cc(NCC)c(C)cc3c(-c3ccccc3C(=O)OCC)c-2cc1C.[O]=[Mo](=[O])([OH])[OH]. The van der Waals surface area contributed by atoms with Crippen molar-refractivity contribution in [1.29, 1.82) is 0 Å². The second-order valence-electron chi connectivity index (χ2n) is 8.49. The molecule has 0 fully saturated rings. The molecule has 1 aliphatic carbocycles. The Balaban J connectivity index is 0.000000732. The van der Waals surface area contributed by atoms with Gasteiger partial charge in [-0.3, -0.25) is 4.99 Å². The van der Waals surface area contributed by atoms with Crippen LogP contribution in [-0.2, 0) is 28.3 Å². The molecule has 9 nitrogen and oxygen atoms in total. The third-order valence-electron chi connectivity index (χ3n) is 5.77. The number of hydrogen-bond acceptors (Lipinski definition) is 7. The van der Waals surface area contributed by atoms with Crippen molar-refractivity contribution in [3.05, 3.63) is 70.6 Å². The van der Waals surface area contributed by atoms with Gasteiger partial charge in [0.25, 0.3) is 0 Å². The monoisotopic (exact) mass is 606 g/mol. The molecular formula is C28H32MoN2O7. The predicted octanol–water partition coefficient (Wildman–Crippen LogP) is 5.00. The molecule has 0 bridgehead atoms. The van der Waals surface area contributed by atoms with E-state index in [1.807, 2.05) is 50.2 Å². The van der Waals surface area contributed by atoms with E-state index >= 15 is 0 Å². The molecule has 0 amide bonds. The average Bonchev–Trinajstić information content (AvgIpc) is 2.84. The standard InChI is InChI=1S/C28H30N2O3.Mo.2H2O.2O/c1-6-29-23-15-25-21(13-17(23)4)27(19-11-9-10-12-20(19)28(31)32-8-3)22-14-18(5)24(30-7-2)16-26(22)33-25;;;;;/h9-16,29H,6-8H2,1-5H3;;2*1H2;;/q;+2;;;;/p-2. The zero-order chi connectivity index (χ0) is 28.0. The number of anilines is 1. The number of benzene rings is 3.